The lowest BCUT2D eigenvalue weighted by Gasteiger charge is -2.10. The minimum absolute atomic E-state index is 0.171. The molecule has 152 valence electrons. The summed E-state index contributed by atoms with van der Waals surface area (Å²) >= 11 is 1.23. The number of aryl methyl sites for hydroxylation is 1. The SMILES string of the molecule is COc1ccc(NC(=O)CSc2n[nH]c(COc3ccccc3C)n2)cc1OC. The zero-order valence-corrected chi connectivity index (χ0v) is 17.2. The van der Waals surface area contributed by atoms with Crippen LogP contribution in [-0.2, 0) is 11.4 Å². The number of para-hydroxylation sites is 1. The number of ether oxygens (including phenoxy) is 3. The molecule has 3 rings (SSSR count). The summed E-state index contributed by atoms with van der Waals surface area (Å²) < 4.78 is 16.2. The minimum atomic E-state index is -0.176. The lowest BCUT2D eigenvalue weighted by Crippen LogP contribution is -2.14. The molecule has 9 heteroatoms. The van der Waals surface area contributed by atoms with Crippen LogP contribution < -0.4 is 19.5 Å². The number of carbonyl (C=O) groups is 1. The molecule has 0 saturated carbocycles. The van der Waals surface area contributed by atoms with E-state index >= 15 is 0 Å². The molecule has 3 aromatic rings. The van der Waals surface area contributed by atoms with Crippen molar-refractivity contribution >= 4 is 23.4 Å². The summed E-state index contributed by atoms with van der Waals surface area (Å²) in [5.74, 6) is 2.53. The van der Waals surface area contributed by atoms with E-state index in [2.05, 4.69) is 20.5 Å². The van der Waals surface area contributed by atoms with Crippen LogP contribution in [0.3, 0.4) is 0 Å². The number of H-pyrrole nitrogens is 1. The molecule has 0 aliphatic rings. The van der Waals surface area contributed by atoms with E-state index in [4.69, 9.17) is 14.2 Å². The summed E-state index contributed by atoms with van der Waals surface area (Å²) in [5.41, 5.74) is 1.67. The van der Waals surface area contributed by atoms with Gasteiger partial charge in [0.15, 0.2) is 17.3 Å². The highest BCUT2D eigenvalue weighted by molar-refractivity contribution is 7.99. The molecule has 0 unspecified atom stereocenters. The molecular formula is C20H22N4O4S. The number of nitrogens with one attached hydrogen (secondary N) is 2. The third-order valence-corrected chi connectivity index (χ3v) is 4.82. The number of hydrogen-bond donors (Lipinski definition) is 2. The maximum absolute atomic E-state index is 12.2. The Hall–Kier alpha value is -3.20. The summed E-state index contributed by atoms with van der Waals surface area (Å²) in [6.07, 6.45) is 0. The highest BCUT2D eigenvalue weighted by atomic mass is 32.2. The average Bonchev–Trinajstić information content (AvgIpc) is 3.19. The van der Waals surface area contributed by atoms with E-state index in [0.717, 1.165) is 11.3 Å². The lowest BCUT2D eigenvalue weighted by molar-refractivity contribution is -0.113. The van der Waals surface area contributed by atoms with Crippen molar-refractivity contribution in [2.24, 2.45) is 0 Å². The van der Waals surface area contributed by atoms with Crippen molar-refractivity contribution in [2.45, 2.75) is 18.7 Å². The molecule has 0 fully saturated rings. The summed E-state index contributed by atoms with van der Waals surface area (Å²) in [6, 6.07) is 12.9. The first-order valence-corrected chi connectivity index (χ1v) is 9.82. The van der Waals surface area contributed by atoms with E-state index in [1.54, 1.807) is 32.4 Å². The maximum atomic E-state index is 12.2. The molecule has 0 saturated heterocycles. The van der Waals surface area contributed by atoms with E-state index in [9.17, 15) is 4.79 Å². The van der Waals surface area contributed by atoms with Gasteiger partial charge < -0.3 is 19.5 Å². The van der Waals surface area contributed by atoms with Gasteiger partial charge in [0.2, 0.25) is 11.1 Å². The summed E-state index contributed by atoms with van der Waals surface area (Å²) in [7, 11) is 3.10. The Morgan fingerprint density at radius 2 is 1.90 bits per heavy atom. The number of nitrogens with zero attached hydrogens (tertiary/aromatic N) is 2. The predicted molar refractivity (Wildman–Crippen MR) is 111 cm³/mol. The Balaban J connectivity index is 1.49. The molecule has 0 aliphatic heterocycles. The van der Waals surface area contributed by atoms with Crippen molar-refractivity contribution in [1.82, 2.24) is 15.2 Å². The van der Waals surface area contributed by atoms with E-state index in [0.29, 0.717) is 28.2 Å². The zero-order chi connectivity index (χ0) is 20.6. The smallest absolute Gasteiger partial charge is 0.234 e. The van der Waals surface area contributed by atoms with Crippen LogP contribution in [-0.4, -0.2) is 41.1 Å². The number of aromatic nitrogens is 3. The number of rotatable bonds is 9. The Morgan fingerprint density at radius 1 is 1.10 bits per heavy atom. The first kappa shape index (κ1) is 20.5. The van der Waals surface area contributed by atoms with E-state index in [-0.39, 0.29) is 18.3 Å². The third-order valence-electron chi connectivity index (χ3n) is 3.97. The van der Waals surface area contributed by atoms with Crippen molar-refractivity contribution in [2.75, 3.05) is 25.3 Å². The van der Waals surface area contributed by atoms with E-state index in [1.165, 1.54) is 11.8 Å². The van der Waals surface area contributed by atoms with Gasteiger partial charge in [-0.15, -0.1) is 5.10 Å². The van der Waals surface area contributed by atoms with Gasteiger partial charge in [0.25, 0.3) is 0 Å². The molecule has 0 aliphatic carbocycles. The van der Waals surface area contributed by atoms with Gasteiger partial charge in [0, 0.05) is 11.8 Å². The predicted octanol–water partition coefficient (Wildman–Crippen LogP) is 3.44. The fourth-order valence-corrected chi connectivity index (χ4v) is 3.13. The highest BCUT2D eigenvalue weighted by Gasteiger charge is 2.11. The number of hydrogen-bond acceptors (Lipinski definition) is 7. The number of amides is 1. The molecule has 29 heavy (non-hydrogen) atoms. The van der Waals surface area contributed by atoms with Crippen LogP contribution in [0.25, 0.3) is 0 Å². The summed E-state index contributed by atoms with van der Waals surface area (Å²) in [5, 5.41) is 10.2. The Morgan fingerprint density at radius 3 is 2.66 bits per heavy atom. The molecule has 1 amide bonds. The lowest BCUT2D eigenvalue weighted by atomic mass is 10.2. The van der Waals surface area contributed by atoms with Gasteiger partial charge >= 0.3 is 0 Å². The van der Waals surface area contributed by atoms with Gasteiger partial charge in [-0.25, -0.2) is 4.98 Å². The van der Waals surface area contributed by atoms with Crippen molar-refractivity contribution in [3.8, 4) is 17.2 Å². The van der Waals surface area contributed by atoms with Crippen molar-refractivity contribution in [3.05, 3.63) is 53.9 Å². The first-order valence-electron chi connectivity index (χ1n) is 8.83. The number of thioether (sulfide) groups is 1. The fourth-order valence-electron chi connectivity index (χ4n) is 2.51. The number of methoxy groups -OCH3 is 2. The zero-order valence-electron chi connectivity index (χ0n) is 16.4. The van der Waals surface area contributed by atoms with Crippen LogP contribution in [0.2, 0.25) is 0 Å². The standard InChI is InChI=1S/C20H22N4O4S/c1-13-6-4-5-7-15(13)28-11-18-22-20(24-23-18)29-12-19(25)21-14-8-9-16(26-2)17(10-14)27-3/h4-10H,11-12H2,1-3H3,(H,21,25)(H,22,23,24). The summed E-state index contributed by atoms with van der Waals surface area (Å²) in [4.78, 5) is 16.5. The molecule has 0 spiro atoms. The van der Waals surface area contributed by atoms with Crippen LogP contribution in [0.1, 0.15) is 11.4 Å². The van der Waals surface area contributed by atoms with E-state index < -0.39 is 0 Å². The first-order chi connectivity index (χ1) is 14.1. The van der Waals surface area contributed by atoms with Crippen molar-refractivity contribution in [3.63, 3.8) is 0 Å². The number of anilines is 1. The molecule has 2 aromatic carbocycles. The van der Waals surface area contributed by atoms with Gasteiger partial charge in [-0.05, 0) is 30.7 Å². The number of aromatic amines is 1. The van der Waals surface area contributed by atoms with Crippen LogP contribution in [0.15, 0.2) is 47.6 Å². The monoisotopic (exact) mass is 414 g/mol. The molecule has 0 bridgehead atoms. The van der Waals surface area contributed by atoms with Crippen LogP contribution in [0.5, 0.6) is 17.2 Å². The Bertz CT molecular complexity index is 977. The highest BCUT2D eigenvalue weighted by Crippen LogP contribution is 2.29. The number of carbonyl (C=O) groups excluding carboxylic acids is 1. The molecule has 8 nitrogen and oxygen atoms in total. The fraction of sp³-hybridized carbons (Fsp3) is 0.250. The van der Waals surface area contributed by atoms with Gasteiger partial charge in [0.05, 0.1) is 20.0 Å². The molecule has 0 atom stereocenters. The Labute approximate surface area is 173 Å². The summed E-state index contributed by atoms with van der Waals surface area (Å²) in [6.45, 7) is 2.25. The third kappa shape index (κ3) is 5.64. The van der Waals surface area contributed by atoms with Crippen LogP contribution in [0, 0.1) is 6.92 Å². The second-order valence-electron chi connectivity index (χ2n) is 6.03. The van der Waals surface area contributed by atoms with Gasteiger partial charge in [-0.2, -0.15) is 0 Å². The molecule has 1 heterocycles. The second-order valence-corrected chi connectivity index (χ2v) is 6.97. The van der Waals surface area contributed by atoms with Crippen molar-refractivity contribution < 1.29 is 19.0 Å². The van der Waals surface area contributed by atoms with Crippen LogP contribution in [0.4, 0.5) is 5.69 Å². The van der Waals surface area contributed by atoms with Crippen molar-refractivity contribution in [1.29, 1.82) is 0 Å². The van der Waals surface area contributed by atoms with E-state index in [1.807, 2.05) is 31.2 Å². The molecular weight excluding hydrogens is 392 g/mol. The quantitative estimate of drug-likeness (QED) is 0.518. The van der Waals surface area contributed by atoms with Gasteiger partial charge in [-0.3, -0.25) is 9.89 Å². The molecule has 2 N–H and O–H groups in total. The Kier molecular flexibility index (Phi) is 6.96. The van der Waals surface area contributed by atoms with Gasteiger partial charge in [0.1, 0.15) is 12.4 Å². The van der Waals surface area contributed by atoms with Crippen LogP contribution >= 0.6 is 11.8 Å². The molecule has 1 aromatic heterocycles. The second kappa shape index (κ2) is 9.83. The largest absolute Gasteiger partial charge is 0.493 e. The topological polar surface area (TPSA) is 98.4 Å². The maximum Gasteiger partial charge on any atom is 0.234 e. The minimum Gasteiger partial charge on any atom is -0.493 e. The average molecular weight is 414 g/mol. The number of benzene rings is 2. The molecule has 0 radical (unpaired) electrons. The normalized spacial score (nSPS) is 10.4. The van der Waals surface area contributed by atoms with Gasteiger partial charge in [-0.1, -0.05) is 30.0 Å².